The van der Waals surface area contributed by atoms with Gasteiger partial charge in [0.15, 0.2) is 5.82 Å². The molecule has 112 valence electrons. The predicted molar refractivity (Wildman–Crippen MR) is 77.1 cm³/mol. The maximum atomic E-state index is 12.1. The van der Waals surface area contributed by atoms with Gasteiger partial charge in [-0.1, -0.05) is 5.16 Å². The Morgan fingerprint density at radius 1 is 1.52 bits per heavy atom. The predicted octanol–water partition coefficient (Wildman–Crippen LogP) is 1.31. The van der Waals surface area contributed by atoms with Crippen molar-refractivity contribution in [3.05, 3.63) is 35.6 Å². The summed E-state index contributed by atoms with van der Waals surface area (Å²) in [6.07, 6.45) is 4.02. The van der Waals surface area contributed by atoms with Gasteiger partial charge in [0.1, 0.15) is 11.6 Å². The summed E-state index contributed by atoms with van der Waals surface area (Å²) in [6.45, 7) is 0.721. The number of aromatic nitrogens is 3. The van der Waals surface area contributed by atoms with Crippen molar-refractivity contribution in [1.29, 1.82) is 0 Å². The Bertz CT molecular complexity index is 603. The number of methoxy groups -OCH3 is 1. The number of amides is 1. The molecule has 0 aromatic carbocycles. The van der Waals surface area contributed by atoms with Gasteiger partial charge in [-0.25, -0.2) is 4.98 Å². The van der Waals surface area contributed by atoms with Crippen LogP contribution in [0.2, 0.25) is 0 Å². The molecule has 0 spiro atoms. The zero-order valence-corrected chi connectivity index (χ0v) is 12.6. The summed E-state index contributed by atoms with van der Waals surface area (Å²) in [5.41, 5.74) is 0.565. The minimum Gasteiger partial charge on any atom is -0.377 e. The molecule has 2 aromatic heterocycles. The van der Waals surface area contributed by atoms with Crippen molar-refractivity contribution in [1.82, 2.24) is 20.4 Å². The molecule has 0 saturated heterocycles. The number of nitrogens with zero attached hydrogens (tertiary/aromatic N) is 3. The molecule has 0 saturated carbocycles. The van der Waals surface area contributed by atoms with E-state index in [-0.39, 0.29) is 5.91 Å². The molecule has 0 atom stereocenters. The number of carbonyl (C=O) groups excluding carboxylic acids is 1. The highest BCUT2D eigenvalue weighted by Crippen LogP contribution is 2.16. The van der Waals surface area contributed by atoms with E-state index in [1.807, 2.05) is 6.26 Å². The number of thioether (sulfide) groups is 1. The number of nitrogens with one attached hydrogen (secondary N) is 1. The fraction of sp³-hybridized carbons (Fsp3) is 0.385. The van der Waals surface area contributed by atoms with Crippen LogP contribution in [0.1, 0.15) is 22.1 Å². The second-order valence-corrected chi connectivity index (χ2v) is 4.90. The van der Waals surface area contributed by atoms with Crippen LogP contribution in [0.5, 0.6) is 0 Å². The Hall–Kier alpha value is -1.93. The van der Waals surface area contributed by atoms with Crippen LogP contribution in [-0.4, -0.2) is 40.9 Å². The van der Waals surface area contributed by atoms with E-state index in [2.05, 4.69) is 20.4 Å². The zero-order chi connectivity index (χ0) is 15.1. The highest BCUT2D eigenvalue weighted by molar-refractivity contribution is 7.98. The van der Waals surface area contributed by atoms with E-state index in [9.17, 15) is 4.79 Å². The van der Waals surface area contributed by atoms with Crippen molar-refractivity contribution in [2.24, 2.45) is 0 Å². The van der Waals surface area contributed by atoms with Gasteiger partial charge < -0.3 is 14.6 Å². The second kappa shape index (κ2) is 7.75. The van der Waals surface area contributed by atoms with E-state index in [1.54, 1.807) is 25.4 Å². The third kappa shape index (κ3) is 4.27. The average Bonchev–Trinajstić information content (AvgIpc) is 2.95. The van der Waals surface area contributed by atoms with Crippen LogP contribution in [0.3, 0.4) is 0 Å². The van der Waals surface area contributed by atoms with E-state index in [1.165, 1.54) is 11.8 Å². The number of hydrogen-bond acceptors (Lipinski definition) is 7. The molecule has 0 fully saturated rings. The minimum absolute atomic E-state index is 0.163. The molecule has 7 nitrogen and oxygen atoms in total. The molecule has 1 N–H and O–H groups in total. The summed E-state index contributed by atoms with van der Waals surface area (Å²) >= 11 is 1.44. The van der Waals surface area contributed by atoms with Crippen LogP contribution in [0.25, 0.3) is 0 Å². The highest BCUT2D eigenvalue weighted by atomic mass is 32.2. The highest BCUT2D eigenvalue weighted by Gasteiger charge is 2.12. The second-order valence-electron chi connectivity index (χ2n) is 4.10. The third-order valence-corrected chi connectivity index (χ3v) is 3.33. The standard InChI is InChI=1S/C13H16N4O3S/c1-19-8-10-16-11(20-17-10)5-7-14-12(18)9-4-3-6-15-13(9)21-2/h3-4,6H,5,7-8H2,1-2H3,(H,14,18). The maximum absolute atomic E-state index is 12.1. The van der Waals surface area contributed by atoms with Crippen molar-refractivity contribution < 1.29 is 14.1 Å². The normalized spacial score (nSPS) is 10.6. The number of pyridine rings is 1. The van der Waals surface area contributed by atoms with E-state index < -0.39 is 0 Å². The number of hydrogen-bond donors (Lipinski definition) is 1. The first-order valence-electron chi connectivity index (χ1n) is 6.32. The molecule has 2 rings (SSSR count). The van der Waals surface area contributed by atoms with Gasteiger partial charge in [-0.3, -0.25) is 4.79 Å². The lowest BCUT2D eigenvalue weighted by molar-refractivity contribution is 0.0950. The van der Waals surface area contributed by atoms with Gasteiger partial charge in [0.25, 0.3) is 5.91 Å². The Morgan fingerprint density at radius 2 is 2.38 bits per heavy atom. The quantitative estimate of drug-likeness (QED) is 0.771. The zero-order valence-electron chi connectivity index (χ0n) is 11.8. The number of ether oxygens (including phenoxy) is 1. The van der Waals surface area contributed by atoms with Crippen molar-refractivity contribution in [3.63, 3.8) is 0 Å². The topological polar surface area (TPSA) is 90.1 Å². The Labute approximate surface area is 126 Å². The smallest absolute Gasteiger partial charge is 0.254 e. The fourth-order valence-electron chi connectivity index (χ4n) is 1.68. The van der Waals surface area contributed by atoms with Crippen molar-refractivity contribution in [2.45, 2.75) is 18.1 Å². The summed E-state index contributed by atoms with van der Waals surface area (Å²) in [5, 5.41) is 7.27. The van der Waals surface area contributed by atoms with Crippen LogP contribution in [-0.2, 0) is 17.8 Å². The molecule has 0 aliphatic rings. The van der Waals surface area contributed by atoms with Crippen molar-refractivity contribution in [3.8, 4) is 0 Å². The fourth-order valence-corrected chi connectivity index (χ4v) is 2.23. The molecule has 0 aliphatic carbocycles. The van der Waals surface area contributed by atoms with Crippen LogP contribution in [0, 0.1) is 0 Å². The Morgan fingerprint density at radius 3 is 3.14 bits per heavy atom. The lowest BCUT2D eigenvalue weighted by Crippen LogP contribution is -2.26. The molecule has 2 heterocycles. The first-order chi connectivity index (χ1) is 10.2. The molecule has 8 heteroatoms. The maximum Gasteiger partial charge on any atom is 0.254 e. The Kier molecular flexibility index (Phi) is 5.70. The van der Waals surface area contributed by atoms with Gasteiger partial charge >= 0.3 is 0 Å². The first-order valence-corrected chi connectivity index (χ1v) is 7.54. The molecule has 0 unspecified atom stereocenters. The SMILES string of the molecule is COCc1noc(CCNC(=O)c2cccnc2SC)n1. The van der Waals surface area contributed by atoms with Crippen LogP contribution in [0.4, 0.5) is 0 Å². The van der Waals surface area contributed by atoms with Crippen molar-refractivity contribution in [2.75, 3.05) is 19.9 Å². The van der Waals surface area contributed by atoms with Gasteiger partial charge in [0.2, 0.25) is 5.89 Å². The van der Waals surface area contributed by atoms with Gasteiger partial charge in [0, 0.05) is 26.3 Å². The molecule has 2 aromatic rings. The lowest BCUT2D eigenvalue weighted by atomic mass is 10.2. The van der Waals surface area contributed by atoms with Crippen LogP contribution in [0.15, 0.2) is 27.9 Å². The molecule has 0 bridgehead atoms. The summed E-state index contributed by atoms with van der Waals surface area (Å²) in [5.74, 6) is 0.804. The first kappa shape index (κ1) is 15.5. The van der Waals surface area contributed by atoms with Crippen LogP contribution >= 0.6 is 11.8 Å². The van der Waals surface area contributed by atoms with E-state index in [0.717, 1.165) is 0 Å². The largest absolute Gasteiger partial charge is 0.377 e. The third-order valence-electron chi connectivity index (χ3n) is 2.62. The van der Waals surface area contributed by atoms with Crippen LogP contribution < -0.4 is 5.32 Å². The average molecular weight is 308 g/mol. The van der Waals surface area contributed by atoms with E-state index >= 15 is 0 Å². The van der Waals surface area contributed by atoms with Crippen molar-refractivity contribution >= 4 is 17.7 Å². The van der Waals surface area contributed by atoms with Gasteiger partial charge in [-0.2, -0.15) is 4.98 Å². The molecular weight excluding hydrogens is 292 g/mol. The Balaban J connectivity index is 1.86. The summed E-state index contributed by atoms with van der Waals surface area (Å²) in [7, 11) is 1.56. The molecule has 21 heavy (non-hydrogen) atoms. The summed E-state index contributed by atoms with van der Waals surface area (Å²) in [4.78, 5) is 20.4. The molecular formula is C13H16N4O3S. The summed E-state index contributed by atoms with van der Waals surface area (Å²) in [6, 6.07) is 3.49. The molecule has 1 amide bonds. The van der Waals surface area contributed by atoms with E-state index in [4.69, 9.17) is 9.26 Å². The van der Waals surface area contributed by atoms with E-state index in [0.29, 0.717) is 41.9 Å². The van der Waals surface area contributed by atoms with Gasteiger partial charge in [-0.15, -0.1) is 11.8 Å². The lowest BCUT2D eigenvalue weighted by Gasteiger charge is -2.06. The molecule has 0 radical (unpaired) electrons. The summed E-state index contributed by atoms with van der Waals surface area (Å²) < 4.78 is 9.94. The van der Waals surface area contributed by atoms with Gasteiger partial charge in [-0.05, 0) is 18.4 Å². The monoisotopic (exact) mass is 308 g/mol. The minimum atomic E-state index is -0.163. The number of rotatable bonds is 7. The molecule has 0 aliphatic heterocycles. The van der Waals surface area contributed by atoms with Gasteiger partial charge in [0.05, 0.1) is 5.56 Å². The number of carbonyl (C=O) groups is 1.